The third-order valence-corrected chi connectivity index (χ3v) is 5.68. The van der Waals surface area contributed by atoms with Gasteiger partial charge in [0.1, 0.15) is 10.6 Å². The predicted octanol–water partition coefficient (Wildman–Crippen LogP) is 1.40. The van der Waals surface area contributed by atoms with Crippen LogP contribution in [0.15, 0.2) is 23.1 Å². The lowest BCUT2D eigenvalue weighted by atomic mass is 9.85. The molecule has 1 aliphatic rings. The Morgan fingerprint density at radius 3 is 2.70 bits per heavy atom. The summed E-state index contributed by atoms with van der Waals surface area (Å²) in [4.78, 5) is 10.0. The van der Waals surface area contributed by atoms with Crippen LogP contribution in [0, 0.1) is 16.0 Å². The molecule has 0 amide bonds. The number of nitro benzene ring substituents is 1. The van der Waals surface area contributed by atoms with Gasteiger partial charge >= 0.3 is 0 Å². The average molecular weight is 343 g/mol. The molecule has 1 saturated carbocycles. The Morgan fingerprint density at radius 2 is 2.09 bits per heavy atom. The SMILES string of the molecule is COc1ccc([N+](=O)[O-])cc1S(=O)(=O)NC1CCCCC1CN. The van der Waals surface area contributed by atoms with Gasteiger partial charge in [-0.15, -0.1) is 0 Å². The van der Waals surface area contributed by atoms with Crippen LogP contribution in [0.2, 0.25) is 0 Å². The van der Waals surface area contributed by atoms with Crippen molar-refractivity contribution in [3.8, 4) is 5.75 Å². The van der Waals surface area contributed by atoms with E-state index in [0.717, 1.165) is 25.3 Å². The van der Waals surface area contributed by atoms with Crippen LogP contribution in [0.3, 0.4) is 0 Å². The molecule has 3 N–H and O–H groups in total. The van der Waals surface area contributed by atoms with Crippen molar-refractivity contribution in [2.24, 2.45) is 11.7 Å². The molecule has 0 aliphatic heterocycles. The maximum absolute atomic E-state index is 12.7. The van der Waals surface area contributed by atoms with Crippen molar-refractivity contribution in [3.05, 3.63) is 28.3 Å². The van der Waals surface area contributed by atoms with Crippen LogP contribution < -0.4 is 15.2 Å². The Bertz CT molecular complexity index is 677. The lowest BCUT2D eigenvalue weighted by Crippen LogP contribution is -2.44. The van der Waals surface area contributed by atoms with E-state index in [1.807, 2.05) is 0 Å². The first kappa shape index (κ1) is 17.6. The van der Waals surface area contributed by atoms with Gasteiger partial charge in [0.2, 0.25) is 10.0 Å². The molecular formula is C14H21N3O5S. The summed E-state index contributed by atoms with van der Waals surface area (Å²) in [6.07, 6.45) is 3.53. The topological polar surface area (TPSA) is 125 Å². The Hall–Kier alpha value is -1.71. The summed E-state index contributed by atoms with van der Waals surface area (Å²) in [6, 6.07) is 3.25. The Labute approximate surface area is 135 Å². The Balaban J connectivity index is 2.34. The molecule has 1 aromatic rings. The van der Waals surface area contributed by atoms with Crippen LogP contribution in [0.1, 0.15) is 25.7 Å². The van der Waals surface area contributed by atoms with Gasteiger partial charge in [-0.1, -0.05) is 12.8 Å². The molecule has 128 valence electrons. The number of rotatable bonds is 6. The fraction of sp³-hybridized carbons (Fsp3) is 0.571. The molecule has 0 spiro atoms. The highest BCUT2D eigenvalue weighted by molar-refractivity contribution is 7.89. The monoisotopic (exact) mass is 343 g/mol. The molecule has 0 bridgehead atoms. The quantitative estimate of drug-likeness (QED) is 0.594. The molecule has 0 aromatic heterocycles. The van der Waals surface area contributed by atoms with Gasteiger partial charge in [-0.05, 0) is 31.4 Å². The minimum absolute atomic E-state index is 0.0724. The minimum Gasteiger partial charge on any atom is -0.495 e. The van der Waals surface area contributed by atoms with Gasteiger partial charge in [-0.25, -0.2) is 13.1 Å². The van der Waals surface area contributed by atoms with E-state index in [4.69, 9.17) is 10.5 Å². The molecule has 1 aromatic carbocycles. The van der Waals surface area contributed by atoms with E-state index in [-0.39, 0.29) is 28.3 Å². The number of sulfonamides is 1. The normalized spacial score (nSPS) is 21.8. The highest BCUT2D eigenvalue weighted by atomic mass is 32.2. The third-order valence-electron chi connectivity index (χ3n) is 4.17. The molecule has 2 unspecified atom stereocenters. The van der Waals surface area contributed by atoms with Crippen molar-refractivity contribution in [1.82, 2.24) is 4.72 Å². The number of nitrogens with two attached hydrogens (primary N) is 1. The van der Waals surface area contributed by atoms with Crippen molar-refractivity contribution in [2.45, 2.75) is 36.6 Å². The van der Waals surface area contributed by atoms with Crippen molar-refractivity contribution >= 4 is 15.7 Å². The molecule has 9 heteroatoms. The number of nitrogens with zero attached hydrogens (tertiary/aromatic N) is 1. The second-order valence-electron chi connectivity index (χ2n) is 5.60. The molecule has 1 fully saturated rings. The molecule has 2 atom stereocenters. The second-order valence-corrected chi connectivity index (χ2v) is 7.28. The molecule has 8 nitrogen and oxygen atoms in total. The van der Waals surface area contributed by atoms with E-state index in [1.165, 1.54) is 19.2 Å². The van der Waals surface area contributed by atoms with Gasteiger partial charge in [0.25, 0.3) is 5.69 Å². The molecule has 0 radical (unpaired) electrons. The largest absolute Gasteiger partial charge is 0.495 e. The fourth-order valence-corrected chi connectivity index (χ4v) is 4.42. The van der Waals surface area contributed by atoms with Crippen LogP contribution in [0.4, 0.5) is 5.69 Å². The van der Waals surface area contributed by atoms with Crippen molar-refractivity contribution in [3.63, 3.8) is 0 Å². The number of non-ortho nitro benzene ring substituents is 1. The van der Waals surface area contributed by atoms with E-state index >= 15 is 0 Å². The van der Waals surface area contributed by atoms with Crippen LogP contribution in [-0.4, -0.2) is 33.0 Å². The van der Waals surface area contributed by atoms with Gasteiger partial charge in [0, 0.05) is 18.2 Å². The van der Waals surface area contributed by atoms with Gasteiger partial charge in [0.15, 0.2) is 0 Å². The number of hydrogen-bond donors (Lipinski definition) is 2. The smallest absolute Gasteiger partial charge is 0.271 e. The predicted molar refractivity (Wildman–Crippen MR) is 84.8 cm³/mol. The minimum atomic E-state index is -3.94. The molecule has 0 heterocycles. The van der Waals surface area contributed by atoms with Gasteiger partial charge in [-0.3, -0.25) is 10.1 Å². The fourth-order valence-electron chi connectivity index (χ4n) is 2.90. The summed E-state index contributed by atoms with van der Waals surface area (Å²) in [6.45, 7) is 0.402. The molecule has 0 saturated heterocycles. The van der Waals surface area contributed by atoms with Crippen LogP contribution >= 0.6 is 0 Å². The molecule has 23 heavy (non-hydrogen) atoms. The van der Waals surface area contributed by atoms with E-state index in [9.17, 15) is 18.5 Å². The number of methoxy groups -OCH3 is 1. The summed E-state index contributed by atoms with van der Waals surface area (Å²) >= 11 is 0. The van der Waals surface area contributed by atoms with Crippen LogP contribution in [-0.2, 0) is 10.0 Å². The van der Waals surface area contributed by atoms with E-state index < -0.39 is 14.9 Å². The summed E-state index contributed by atoms with van der Waals surface area (Å²) in [5.74, 6) is 0.145. The van der Waals surface area contributed by atoms with Crippen LogP contribution in [0.25, 0.3) is 0 Å². The van der Waals surface area contributed by atoms with Crippen molar-refractivity contribution in [2.75, 3.05) is 13.7 Å². The number of ether oxygens (including phenoxy) is 1. The maximum Gasteiger partial charge on any atom is 0.271 e. The Morgan fingerprint density at radius 1 is 1.39 bits per heavy atom. The molecule has 1 aliphatic carbocycles. The Kier molecular flexibility index (Phi) is 5.55. The highest BCUT2D eigenvalue weighted by Gasteiger charge is 2.31. The first-order valence-corrected chi connectivity index (χ1v) is 8.92. The van der Waals surface area contributed by atoms with Crippen molar-refractivity contribution < 1.29 is 18.1 Å². The highest BCUT2D eigenvalue weighted by Crippen LogP contribution is 2.30. The zero-order valence-corrected chi connectivity index (χ0v) is 13.7. The van der Waals surface area contributed by atoms with E-state index in [0.29, 0.717) is 13.0 Å². The number of hydrogen-bond acceptors (Lipinski definition) is 6. The van der Waals surface area contributed by atoms with Gasteiger partial charge in [-0.2, -0.15) is 0 Å². The summed E-state index contributed by atoms with van der Waals surface area (Å²) in [5.41, 5.74) is 5.42. The standard InChI is InChI=1S/C14H21N3O5S/c1-22-13-7-6-11(17(18)19)8-14(13)23(20,21)16-12-5-3-2-4-10(12)9-15/h6-8,10,12,16H,2-5,9,15H2,1H3. The van der Waals surface area contributed by atoms with E-state index in [2.05, 4.69) is 4.72 Å². The third kappa shape index (κ3) is 3.98. The lowest BCUT2D eigenvalue weighted by Gasteiger charge is -2.31. The van der Waals surface area contributed by atoms with Crippen LogP contribution in [0.5, 0.6) is 5.75 Å². The average Bonchev–Trinajstić information content (AvgIpc) is 2.54. The van der Waals surface area contributed by atoms with Gasteiger partial charge < -0.3 is 10.5 Å². The summed E-state index contributed by atoms with van der Waals surface area (Å²) in [7, 11) is -2.61. The number of nitrogens with one attached hydrogen (secondary N) is 1. The van der Waals surface area contributed by atoms with E-state index in [1.54, 1.807) is 0 Å². The summed E-state index contributed by atoms with van der Waals surface area (Å²) < 4.78 is 33.0. The number of nitro groups is 1. The first-order chi connectivity index (χ1) is 10.9. The number of benzene rings is 1. The molecular weight excluding hydrogens is 322 g/mol. The van der Waals surface area contributed by atoms with Gasteiger partial charge in [0.05, 0.1) is 12.0 Å². The molecule has 2 rings (SSSR count). The lowest BCUT2D eigenvalue weighted by molar-refractivity contribution is -0.385. The second kappa shape index (κ2) is 7.24. The maximum atomic E-state index is 12.7. The first-order valence-electron chi connectivity index (χ1n) is 7.44. The zero-order chi connectivity index (χ0) is 17.0. The summed E-state index contributed by atoms with van der Waals surface area (Å²) in [5, 5.41) is 10.9. The zero-order valence-electron chi connectivity index (χ0n) is 12.9. The van der Waals surface area contributed by atoms with Crippen molar-refractivity contribution in [1.29, 1.82) is 0 Å².